The summed E-state index contributed by atoms with van der Waals surface area (Å²) in [6, 6.07) is -0.473. The van der Waals surface area contributed by atoms with Crippen LogP contribution in [0.2, 0.25) is 0 Å². The number of nitrogens with one attached hydrogen (secondary N) is 1. The van der Waals surface area contributed by atoms with Crippen molar-refractivity contribution in [1.82, 2.24) is 4.98 Å². The summed E-state index contributed by atoms with van der Waals surface area (Å²) in [6.07, 6.45) is 0. The number of nitrogens with two attached hydrogens (primary N) is 1. The fourth-order valence-corrected chi connectivity index (χ4v) is 1.59. The average molecular weight is 213 g/mol. The first-order chi connectivity index (χ1) is 6.50. The molecule has 1 amide bonds. The van der Waals surface area contributed by atoms with Crippen molar-refractivity contribution in [3.8, 4) is 0 Å². The van der Waals surface area contributed by atoms with Gasteiger partial charge in [0.15, 0.2) is 5.13 Å². The van der Waals surface area contributed by atoms with Crippen molar-refractivity contribution in [2.75, 3.05) is 5.32 Å². The predicted molar refractivity (Wildman–Crippen MR) is 58.3 cm³/mol. The summed E-state index contributed by atoms with van der Waals surface area (Å²) in [5.41, 5.74) is 6.59. The third kappa shape index (κ3) is 2.78. The number of carbonyl (C=O) groups is 1. The Bertz CT molecular complexity index is 322. The van der Waals surface area contributed by atoms with Gasteiger partial charge in [-0.1, -0.05) is 13.8 Å². The van der Waals surface area contributed by atoms with E-state index in [1.165, 1.54) is 11.3 Å². The van der Waals surface area contributed by atoms with E-state index in [0.29, 0.717) is 5.13 Å². The molecule has 5 heteroatoms. The SMILES string of the molecule is Cc1csc(NC(=O)C(N)C(C)C)n1. The Hall–Kier alpha value is -0.940. The number of carbonyl (C=O) groups excluding carboxylic acids is 1. The van der Waals surface area contributed by atoms with E-state index >= 15 is 0 Å². The zero-order valence-corrected chi connectivity index (χ0v) is 9.39. The number of hydrogen-bond acceptors (Lipinski definition) is 4. The molecule has 1 atom stereocenters. The molecule has 0 fully saturated rings. The van der Waals surface area contributed by atoms with Crippen LogP contribution in [0.15, 0.2) is 5.38 Å². The van der Waals surface area contributed by atoms with Crippen LogP contribution in [0.4, 0.5) is 5.13 Å². The quantitative estimate of drug-likeness (QED) is 0.797. The number of amides is 1. The van der Waals surface area contributed by atoms with Gasteiger partial charge < -0.3 is 11.1 Å². The summed E-state index contributed by atoms with van der Waals surface area (Å²) < 4.78 is 0. The zero-order chi connectivity index (χ0) is 10.7. The average Bonchev–Trinajstić information content (AvgIpc) is 2.49. The van der Waals surface area contributed by atoms with Crippen LogP contribution in [0.5, 0.6) is 0 Å². The van der Waals surface area contributed by atoms with Crippen LogP contribution in [0.25, 0.3) is 0 Å². The Kier molecular flexibility index (Phi) is 3.60. The fourth-order valence-electron chi connectivity index (χ4n) is 0.903. The van der Waals surface area contributed by atoms with Crippen LogP contribution in [0.3, 0.4) is 0 Å². The largest absolute Gasteiger partial charge is 0.320 e. The monoisotopic (exact) mass is 213 g/mol. The maximum absolute atomic E-state index is 11.5. The lowest BCUT2D eigenvalue weighted by molar-refractivity contribution is -0.118. The highest BCUT2D eigenvalue weighted by Crippen LogP contribution is 2.15. The second-order valence-corrected chi connectivity index (χ2v) is 4.41. The molecule has 0 aromatic carbocycles. The molecule has 1 aromatic rings. The van der Waals surface area contributed by atoms with Gasteiger partial charge in [0.25, 0.3) is 0 Å². The highest BCUT2D eigenvalue weighted by molar-refractivity contribution is 7.13. The number of rotatable bonds is 3. The van der Waals surface area contributed by atoms with Gasteiger partial charge in [0.2, 0.25) is 5.91 Å². The number of nitrogens with zero attached hydrogens (tertiary/aromatic N) is 1. The maximum Gasteiger partial charge on any atom is 0.243 e. The molecule has 14 heavy (non-hydrogen) atoms. The van der Waals surface area contributed by atoms with E-state index in [1.807, 2.05) is 26.2 Å². The molecule has 1 rings (SSSR count). The molecule has 1 aromatic heterocycles. The summed E-state index contributed by atoms with van der Waals surface area (Å²) in [5, 5.41) is 5.19. The second-order valence-electron chi connectivity index (χ2n) is 3.55. The van der Waals surface area contributed by atoms with Gasteiger partial charge in [-0.25, -0.2) is 4.98 Å². The topological polar surface area (TPSA) is 68.0 Å². The molecule has 78 valence electrons. The third-order valence-electron chi connectivity index (χ3n) is 1.87. The Balaban J connectivity index is 2.57. The molecule has 1 heterocycles. The van der Waals surface area contributed by atoms with Gasteiger partial charge in [-0.15, -0.1) is 11.3 Å². The summed E-state index contributed by atoms with van der Waals surface area (Å²) in [6.45, 7) is 5.71. The van der Waals surface area contributed by atoms with Crippen LogP contribution >= 0.6 is 11.3 Å². The second kappa shape index (κ2) is 4.52. The molecule has 0 bridgehead atoms. The normalized spacial score (nSPS) is 12.9. The van der Waals surface area contributed by atoms with Crippen LogP contribution in [0, 0.1) is 12.8 Å². The standard InChI is InChI=1S/C9H15N3OS/c1-5(2)7(10)8(13)12-9-11-6(3)4-14-9/h4-5,7H,10H2,1-3H3,(H,11,12,13). The van der Waals surface area contributed by atoms with E-state index in [4.69, 9.17) is 5.73 Å². The van der Waals surface area contributed by atoms with Gasteiger partial charge >= 0.3 is 0 Å². The molecule has 1 unspecified atom stereocenters. The lowest BCUT2D eigenvalue weighted by Crippen LogP contribution is -2.39. The van der Waals surface area contributed by atoms with Gasteiger partial charge in [-0.2, -0.15) is 0 Å². The number of hydrogen-bond donors (Lipinski definition) is 2. The first kappa shape index (κ1) is 11.1. The molecular weight excluding hydrogens is 198 g/mol. The molecular formula is C9H15N3OS. The molecule has 0 radical (unpaired) electrons. The minimum absolute atomic E-state index is 0.135. The summed E-state index contributed by atoms with van der Waals surface area (Å²) in [7, 11) is 0. The lowest BCUT2D eigenvalue weighted by atomic mass is 10.1. The van der Waals surface area contributed by atoms with E-state index in [-0.39, 0.29) is 11.8 Å². The van der Waals surface area contributed by atoms with Gasteiger partial charge in [0.05, 0.1) is 11.7 Å². The first-order valence-electron chi connectivity index (χ1n) is 4.49. The fraction of sp³-hybridized carbons (Fsp3) is 0.556. The Labute approximate surface area is 87.5 Å². The van der Waals surface area contributed by atoms with Crippen molar-refractivity contribution in [3.63, 3.8) is 0 Å². The Morgan fingerprint density at radius 1 is 1.64 bits per heavy atom. The molecule has 0 aliphatic carbocycles. The Morgan fingerprint density at radius 2 is 2.29 bits per heavy atom. The minimum Gasteiger partial charge on any atom is -0.320 e. The molecule has 0 spiro atoms. The summed E-state index contributed by atoms with van der Waals surface area (Å²) >= 11 is 1.41. The van der Waals surface area contributed by atoms with Gasteiger partial charge in [0.1, 0.15) is 0 Å². The highest BCUT2D eigenvalue weighted by atomic mass is 32.1. The van der Waals surface area contributed by atoms with Gasteiger partial charge in [-0.3, -0.25) is 4.79 Å². The van der Waals surface area contributed by atoms with Crippen LogP contribution in [-0.4, -0.2) is 16.9 Å². The van der Waals surface area contributed by atoms with E-state index in [0.717, 1.165) is 5.69 Å². The van der Waals surface area contributed by atoms with E-state index in [2.05, 4.69) is 10.3 Å². The third-order valence-corrected chi connectivity index (χ3v) is 2.75. The van der Waals surface area contributed by atoms with Gasteiger partial charge in [-0.05, 0) is 12.8 Å². The summed E-state index contributed by atoms with van der Waals surface area (Å²) in [4.78, 5) is 15.6. The van der Waals surface area contributed by atoms with Crippen molar-refractivity contribution >= 4 is 22.4 Å². The van der Waals surface area contributed by atoms with Crippen molar-refractivity contribution in [3.05, 3.63) is 11.1 Å². The first-order valence-corrected chi connectivity index (χ1v) is 5.37. The number of aromatic nitrogens is 1. The van der Waals surface area contributed by atoms with Crippen molar-refractivity contribution in [1.29, 1.82) is 0 Å². The van der Waals surface area contributed by atoms with Gasteiger partial charge in [0, 0.05) is 5.38 Å². The van der Waals surface area contributed by atoms with E-state index in [1.54, 1.807) is 0 Å². The predicted octanol–water partition coefficient (Wildman–Crippen LogP) is 1.37. The number of aryl methyl sites for hydroxylation is 1. The maximum atomic E-state index is 11.5. The van der Waals surface area contributed by atoms with Crippen molar-refractivity contribution in [2.45, 2.75) is 26.8 Å². The minimum atomic E-state index is -0.473. The van der Waals surface area contributed by atoms with Crippen LogP contribution < -0.4 is 11.1 Å². The molecule has 4 nitrogen and oxygen atoms in total. The van der Waals surface area contributed by atoms with Crippen LogP contribution in [-0.2, 0) is 4.79 Å². The molecule has 0 aliphatic rings. The number of thiazole rings is 1. The Morgan fingerprint density at radius 3 is 2.71 bits per heavy atom. The molecule has 3 N–H and O–H groups in total. The van der Waals surface area contributed by atoms with Crippen molar-refractivity contribution < 1.29 is 4.79 Å². The van der Waals surface area contributed by atoms with Crippen LogP contribution in [0.1, 0.15) is 19.5 Å². The molecule has 0 saturated carbocycles. The number of anilines is 1. The smallest absolute Gasteiger partial charge is 0.243 e. The highest BCUT2D eigenvalue weighted by Gasteiger charge is 2.17. The summed E-state index contributed by atoms with van der Waals surface area (Å²) in [5.74, 6) is -0.0367. The van der Waals surface area contributed by atoms with E-state index in [9.17, 15) is 4.79 Å². The van der Waals surface area contributed by atoms with Crippen molar-refractivity contribution in [2.24, 2.45) is 11.7 Å². The lowest BCUT2D eigenvalue weighted by Gasteiger charge is -2.13. The molecule has 0 aliphatic heterocycles. The molecule has 0 saturated heterocycles. The zero-order valence-electron chi connectivity index (χ0n) is 8.57. The van der Waals surface area contributed by atoms with E-state index < -0.39 is 6.04 Å².